The molecule has 2 aliphatic rings. The number of aromatic amines is 2. The number of H-pyrrole nitrogens is 2. The second-order valence-electron chi connectivity index (χ2n) is 16.9. The number of hydrogen-bond donors (Lipinski definition) is 2. The molecule has 4 aromatic carbocycles. The molecule has 0 amide bonds. The van der Waals surface area contributed by atoms with Gasteiger partial charge in [0.2, 0.25) is 0 Å². The summed E-state index contributed by atoms with van der Waals surface area (Å²) in [5.41, 5.74) is 4.66. The lowest BCUT2D eigenvalue weighted by Gasteiger charge is -2.33. The van der Waals surface area contributed by atoms with Crippen molar-refractivity contribution in [3.63, 3.8) is 0 Å². The maximum atomic E-state index is 5.56. The topological polar surface area (TPSA) is 64.3 Å². The molecule has 308 valence electrons. The van der Waals surface area contributed by atoms with E-state index in [1.54, 1.807) is 14.2 Å². The van der Waals surface area contributed by atoms with Crippen LogP contribution in [0.1, 0.15) is 44.9 Å². The van der Waals surface area contributed by atoms with E-state index < -0.39 is 0 Å². The molecule has 0 bridgehead atoms. The normalized spacial score (nSPS) is 16.0. The summed E-state index contributed by atoms with van der Waals surface area (Å²) in [7, 11) is 3.48. The van der Waals surface area contributed by atoms with Crippen molar-refractivity contribution in [3.05, 3.63) is 97.6 Å². The molecule has 10 rings (SSSR count). The summed E-state index contributed by atoms with van der Waals surface area (Å²) in [5, 5.41) is 10.2. The number of halogens is 2. The van der Waals surface area contributed by atoms with Gasteiger partial charge in [0.15, 0.2) is 37.9 Å². The lowest BCUT2D eigenvalue weighted by Crippen LogP contribution is -3.00. The zero-order chi connectivity index (χ0) is 38.3. The number of rotatable bonds is 12. The number of benzene rings is 4. The van der Waals surface area contributed by atoms with E-state index in [0.717, 1.165) is 60.5 Å². The predicted molar refractivity (Wildman–Crippen MR) is 232 cm³/mol. The van der Waals surface area contributed by atoms with Crippen molar-refractivity contribution < 1.29 is 43.4 Å². The van der Waals surface area contributed by atoms with Gasteiger partial charge in [0.1, 0.15) is 11.5 Å². The molecule has 2 aliphatic heterocycles. The van der Waals surface area contributed by atoms with Crippen LogP contribution in [0.2, 0.25) is 0 Å². The molecular formula is C49H56Cl2N6O2. The van der Waals surface area contributed by atoms with Crippen LogP contribution < -0.4 is 43.4 Å². The van der Waals surface area contributed by atoms with Gasteiger partial charge in [0.25, 0.3) is 0 Å². The van der Waals surface area contributed by atoms with Gasteiger partial charge < -0.3 is 44.3 Å². The molecule has 2 fully saturated rings. The average molecular weight is 832 g/mol. The zero-order valence-electron chi connectivity index (χ0n) is 34.4. The largest absolute Gasteiger partial charge is 1.00 e. The molecule has 8 aromatic rings. The monoisotopic (exact) mass is 830 g/mol. The number of nitrogens with one attached hydrogen (secondary N) is 2. The third-order valence-electron chi connectivity index (χ3n) is 13.6. The van der Waals surface area contributed by atoms with Crippen molar-refractivity contribution in [2.75, 3.05) is 53.5 Å². The smallest absolute Gasteiger partial charge is 0.177 e. The van der Waals surface area contributed by atoms with Crippen molar-refractivity contribution >= 4 is 65.2 Å². The van der Waals surface area contributed by atoms with E-state index in [-0.39, 0.29) is 24.8 Å². The molecule has 0 radical (unpaired) electrons. The van der Waals surface area contributed by atoms with E-state index in [9.17, 15) is 0 Å². The molecule has 6 heterocycles. The van der Waals surface area contributed by atoms with Crippen LogP contribution in [-0.4, -0.2) is 73.3 Å². The standard InChI is InChI=1S/C49H54N6O2.2ClH/c1-56-38-8-12-44-40(30-38)48-42-32-54(24-18-36(42)6-10-46(48)50-44)28-26-52-20-14-34(15-21-52)4-3-5-35-16-22-53(23-17-35)27-29-55-25-19-37-7-11-47-49(43(37)33-55)41-31-39(57-2)9-13-45(41)51-47;;/h6-13,18-19,24-25,30-35H,3-5,14-17,20-23,26-29H2,1-2H3;2*1H. The van der Waals surface area contributed by atoms with Crippen LogP contribution in [0.15, 0.2) is 97.6 Å². The molecule has 0 unspecified atom stereocenters. The van der Waals surface area contributed by atoms with Crippen molar-refractivity contribution in [2.24, 2.45) is 11.8 Å². The van der Waals surface area contributed by atoms with Crippen LogP contribution in [0.25, 0.3) is 65.2 Å². The fourth-order valence-corrected chi connectivity index (χ4v) is 10.1. The molecule has 0 spiro atoms. The highest BCUT2D eigenvalue weighted by Crippen LogP contribution is 2.35. The molecule has 59 heavy (non-hydrogen) atoms. The number of pyridine rings is 2. The minimum atomic E-state index is 0. The highest BCUT2D eigenvalue weighted by molar-refractivity contribution is 6.21. The SMILES string of the molecule is COc1ccc2[nH]c3ccc4cc[n+](CCN5CCC(CCCC6CCN(CC[n+]7ccc8ccc9[nH]c%10ccc(OC)cc%10c9c8c7)CC6)CC5)cc4c3c2c1.[Cl-].[Cl-]. The summed E-state index contributed by atoms with van der Waals surface area (Å²) in [5.74, 6) is 3.58. The molecular weight excluding hydrogens is 775 g/mol. The van der Waals surface area contributed by atoms with E-state index in [4.69, 9.17) is 9.47 Å². The molecule has 2 saturated heterocycles. The lowest BCUT2D eigenvalue weighted by atomic mass is 9.87. The fraction of sp³-hybridized carbons (Fsp3) is 0.388. The van der Waals surface area contributed by atoms with Crippen LogP contribution in [0.5, 0.6) is 11.5 Å². The summed E-state index contributed by atoms with van der Waals surface area (Å²) in [6, 6.07) is 26.0. The quantitative estimate of drug-likeness (QED) is 0.186. The number of nitrogens with zero attached hydrogens (tertiary/aromatic N) is 4. The Hall–Kier alpha value is -4.60. The number of aromatic nitrogens is 4. The van der Waals surface area contributed by atoms with Crippen molar-refractivity contribution in [3.8, 4) is 11.5 Å². The molecule has 8 nitrogen and oxygen atoms in total. The fourth-order valence-electron chi connectivity index (χ4n) is 10.1. The van der Waals surface area contributed by atoms with E-state index >= 15 is 0 Å². The summed E-state index contributed by atoms with van der Waals surface area (Å²) in [6.45, 7) is 9.21. The average Bonchev–Trinajstić information content (AvgIpc) is 3.84. The van der Waals surface area contributed by atoms with Gasteiger partial charge in [-0.05, 0) is 123 Å². The van der Waals surface area contributed by atoms with Gasteiger partial charge in [0, 0.05) is 55.7 Å². The molecule has 0 aliphatic carbocycles. The zero-order valence-corrected chi connectivity index (χ0v) is 35.9. The maximum Gasteiger partial charge on any atom is 0.177 e. The molecule has 0 saturated carbocycles. The summed E-state index contributed by atoms with van der Waals surface area (Å²) < 4.78 is 15.9. The first-order valence-electron chi connectivity index (χ1n) is 21.4. The van der Waals surface area contributed by atoms with Gasteiger partial charge in [0.05, 0.1) is 38.1 Å². The first kappa shape index (κ1) is 41.1. The van der Waals surface area contributed by atoms with Crippen LogP contribution in [0.3, 0.4) is 0 Å². The minimum absolute atomic E-state index is 0. The van der Waals surface area contributed by atoms with Crippen molar-refractivity contribution in [2.45, 2.75) is 58.0 Å². The number of ether oxygens (including phenoxy) is 2. The third kappa shape index (κ3) is 8.43. The second kappa shape index (κ2) is 17.9. The summed E-state index contributed by atoms with van der Waals surface area (Å²) >= 11 is 0. The number of fused-ring (bicyclic) bond motifs is 10. The number of methoxy groups -OCH3 is 2. The van der Waals surface area contributed by atoms with Crippen molar-refractivity contribution in [1.82, 2.24) is 19.8 Å². The molecule has 10 heteroatoms. The third-order valence-corrected chi connectivity index (χ3v) is 13.6. The van der Waals surface area contributed by atoms with E-state index in [0.29, 0.717) is 0 Å². The Balaban J connectivity index is 0.00000242. The Morgan fingerprint density at radius 1 is 0.542 bits per heavy atom. The minimum Gasteiger partial charge on any atom is -1.00 e. The van der Waals surface area contributed by atoms with Crippen LogP contribution in [0.4, 0.5) is 0 Å². The first-order chi connectivity index (χ1) is 28.1. The van der Waals surface area contributed by atoms with Crippen LogP contribution in [-0.2, 0) is 13.1 Å². The Morgan fingerprint density at radius 3 is 1.39 bits per heavy atom. The number of likely N-dealkylation sites (tertiary alicyclic amines) is 2. The predicted octanol–water partition coefficient (Wildman–Crippen LogP) is 3.16. The Kier molecular flexibility index (Phi) is 12.5. The van der Waals surface area contributed by atoms with Gasteiger partial charge in [-0.2, -0.15) is 0 Å². The Labute approximate surface area is 359 Å². The molecule has 0 atom stereocenters. The summed E-state index contributed by atoms with van der Waals surface area (Å²) in [6.07, 6.45) is 18.8. The second-order valence-corrected chi connectivity index (χ2v) is 16.9. The lowest BCUT2D eigenvalue weighted by molar-refractivity contribution is -0.695. The van der Waals surface area contributed by atoms with Gasteiger partial charge in [-0.1, -0.05) is 31.4 Å². The number of piperidine rings is 2. The molecule has 2 N–H and O–H groups in total. The highest BCUT2D eigenvalue weighted by Gasteiger charge is 2.23. The Morgan fingerprint density at radius 2 is 0.966 bits per heavy atom. The van der Waals surface area contributed by atoms with Crippen LogP contribution >= 0.6 is 0 Å². The summed E-state index contributed by atoms with van der Waals surface area (Å²) in [4.78, 5) is 12.6. The van der Waals surface area contributed by atoms with E-state index in [1.807, 2.05) is 12.1 Å². The maximum absolute atomic E-state index is 5.56. The van der Waals surface area contributed by atoms with E-state index in [2.05, 4.69) is 114 Å². The first-order valence-corrected chi connectivity index (χ1v) is 21.4. The van der Waals surface area contributed by atoms with Gasteiger partial charge >= 0.3 is 0 Å². The van der Waals surface area contributed by atoms with Gasteiger partial charge in [-0.15, -0.1) is 0 Å². The van der Waals surface area contributed by atoms with Crippen molar-refractivity contribution in [1.29, 1.82) is 0 Å². The van der Waals surface area contributed by atoms with E-state index in [1.165, 1.54) is 125 Å². The van der Waals surface area contributed by atoms with Gasteiger partial charge in [-0.3, -0.25) is 9.80 Å². The molecule has 4 aromatic heterocycles. The Bertz CT molecular complexity index is 2530. The number of hydrogen-bond acceptors (Lipinski definition) is 4. The van der Waals surface area contributed by atoms with Crippen LogP contribution in [0, 0.1) is 11.8 Å². The van der Waals surface area contributed by atoms with Gasteiger partial charge in [-0.25, -0.2) is 9.13 Å². The highest BCUT2D eigenvalue weighted by atomic mass is 35.5.